The van der Waals surface area contributed by atoms with Gasteiger partial charge in [0.25, 0.3) is 0 Å². The number of rotatable bonds is 3. The van der Waals surface area contributed by atoms with Crippen LogP contribution in [0.25, 0.3) is 0 Å². The fourth-order valence-corrected chi connectivity index (χ4v) is 4.43. The molecule has 1 saturated heterocycles. The maximum absolute atomic E-state index is 12.4. The van der Waals surface area contributed by atoms with Crippen LogP contribution in [-0.4, -0.2) is 33.9 Å². The van der Waals surface area contributed by atoms with E-state index in [0.717, 1.165) is 36.6 Å². The maximum atomic E-state index is 12.4. The first-order valence-electron chi connectivity index (χ1n) is 7.58. The third-order valence-electron chi connectivity index (χ3n) is 4.36. The lowest BCUT2D eigenvalue weighted by Gasteiger charge is -2.38. The number of aromatic nitrogens is 2. The third kappa shape index (κ3) is 3.22. The molecule has 0 radical (unpaired) electrons. The van der Waals surface area contributed by atoms with Crippen molar-refractivity contribution in [1.29, 1.82) is 0 Å². The van der Waals surface area contributed by atoms with E-state index in [1.807, 2.05) is 23.4 Å². The number of aryl methyl sites for hydroxylation is 2. The number of likely N-dealkylation sites (tertiary alicyclic amines) is 1. The number of hydrogen-bond donors (Lipinski definition) is 0. The molecule has 22 heavy (non-hydrogen) atoms. The molecular formula is C16H21N3OS2. The lowest BCUT2D eigenvalue weighted by molar-refractivity contribution is -0.132. The van der Waals surface area contributed by atoms with Gasteiger partial charge in [-0.1, -0.05) is 6.92 Å². The Labute approximate surface area is 139 Å². The summed E-state index contributed by atoms with van der Waals surface area (Å²) in [6, 6.07) is 0. The first-order chi connectivity index (χ1) is 10.5. The van der Waals surface area contributed by atoms with Gasteiger partial charge in [-0.15, -0.1) is 22.7 Å². The number of piperidine rings is 1. The summed E-state index contributed by atoms with van der Waals surface area (Å²) in [6.07, 6.45) is 4.36. The van der Waals surface area contributed by atoms with E-state index < -0.39 is 0 Å². The average molecular weight is 335 g/mol. The highest BCUT2D eigenvalue weighted by Gasteiger charge is 2.35. The largest absolute Gasteiger partial charge is 0.342 e. The molecule has 2 aromatic heterocycles. The molecule has 3 heterocycles. The Balaban J connectivity index is 1.60. The Kier molecular flexibility index (Phi) is 4.32. The Morgan fingerprint density at radius 3 is 2.64 bits per heavy atom. The van der Waals surface area contributed by atoms with Gasteiger partial charge in [0.15, 0.2) is 0 Å². The minimum Gasteiger partial charge on any atom is -0.342 e. The zero-order valence-electron chi connectivity index (χ0n) is 13.3. The predicted molar refractivity (Wildman–Crippen MR) is 90.6 cm³/mol. The SMILES string of the molecule is Cc1cnc(C2(C)CCN(C(=O)Cc3csc(C)n3)CC2)s1. The second kappa shape index (κ2) is 6.08. The predicted octanol–water partition coefficient (Wildman–Crippen LogP) is 3.34. The molecule has 0 N–H and O–H groups in total. The van der Waals surface area contributed by atoms with Crippen molar-refractivity contribution in [3.63, 3.8) is 0 Å². The van der Waals surface area contributed by atoms with E-state index in [-0.39, 0.29) is 11.3 Å². The molecule has 1 aliphatic heterocycles. The first kappa shape index (κ1) is 15.6. The first-order valence-corrected chi connectivity index (χ1v) is 9.27. The molecule has 2 aromatic rings. The molecular weight excluding hydrogens is 314 g/mol. The molecule has 0 atom stereocenters. The molecule has 1 amide bonds. The van der Waals surface area contributed by atoms with E-state index in [1.54, 1.807) is 22.7 Å². The average Bonchev–Trinajstić information content (AvgIpc) is 3.09. The Morgan fingerprint density at radius 2 is 2.09 bits per heavy atom. The highest BCUT2D eigenvalue weighted by atomic mass is 32.1. The van der Waals surface area contributed by atoms with E-state index in [9.17, 15) is 4.79 Å². The quantitative estimate of drug-likeness (QED) is 0.864. The summed E-state index contributed by atoms with van der Waals surface area (Å²) in [4.78, 5) is 24.6. The van der Waals surface area contributed by atoms with E-state index >= 15 is 0 Å². The molecule has 1 fully saturated rings. The van der Waals surface area contributed by atoms with E-state index in [1.165, 1.54) is 9.88 Å². The normalized spacial score (nSPS) is 17.7. The summed E-state index contributed by atoms with van der Waals surface area (Å²) in [5, 5.41) is 4.22. The molecule has 0 aliphatic carbocycles. The van der Waals surface area contributed by atoms with Crippen molar-refractivity contribution in [2.45, 2.75) is 45.4 Å². The Morgan fingerprint density at radius 1 is 1.36 bits per heavy atom. The summed E-state index contributed by atoms with van der Waals surface area (Å²) in [6.45, 7) is 7.98. The molecule has 4 nitrogen and oxygen atoms in total. The van der Waals surface area contributed by atoms with Crippen LogP contribution in [0.3, 0.4) is 0 Å². The second-order valence-corrected chi connectivity index (χ2v) is 8.55. The molecule has 0 saturated carbocycles. The van der Waals surface area contributed by atoms with Crippen molar-refractivity contribution in [3.8, 4) is 0 Å². The molecule has 0 bridgehead atoms. The summed E-state index contributed by atoms with van der Waals surface area (Å²) in [7, 11) is 0. The second-order valence-electron chi connectivity index (χ2n) is 6.25. The lowest BCUT2D eigenvalue weighted by Crippen LogP contribution is -2.44. The number of thiazole rings is 2. The fourth-order valence-electron chi connectivity index (χ4n) is 2.85. The Bertz CT molecular complexity index is 668. The summed E-state index contributed by atoms with van der Waals surface area (Å²) < 4.78 is 0. The smallest absolute Gasteiger partial charge is 0.228 e. The van der Waals surface area contributed by atoms with Crippen LogP contribution in [0.5, 0.6) is 0 Å². The van der Waals surface area contributed by atoms with Crippen LogP contribution >= 0.6 is 22.7 Å². The van der Waals surface area contributed by atoms with Crippen molar-refractivity contribution < 1.29 is 4.79 Å². The van der Waals surface area contributed by atoms with Gasteiger partial charge >= 0.3 is 0 Å². The monoisotopic (exact) mass is 335 g/mol. The van der Waals surface area contributed by atoms with Gasteiger partial charge in [-0.2, -0.15) is 0 Å². The molecule has 6 heteroatoms. The highest BCUT2D eigenvalue weighted by molar-refractivity contribution is 7.11. The van der Waals surface area contributed by atoms with Gasteiger partial charge in [0.2, 0.25) is 5.91 Å². The zero-order valence-corrected chi connectivity index (χ0v) is 14.9. The number of carbonyl (C=O) groups excluding carboxylic acids is 1. The van der Waals surface area contributed by atoms with Gasteiger partial charge in [0.05, 0.1) is 22.1 Å². The van der Waals surface area contributed by atoms with E-state index in [2.05, 4.69) is 23.8 Å². The van der Waals surface area contributed by atoms with Crippen molar-refractivity contribution in [1.82, 2.24) is 14.9 Å². The zero-order chi connectivity index (χ0) is 15.7. The molecule has 118 valence electrons. The van der Waals surface area contributed by atoms with Crippen LogP contribution in [0.2, 0.25) is 0 Å². The van der Waals surface area contributed by atoms with Gasteiger partial charge in [-0.3, -0.25) is 4.79 Å². The lowest BCUT2D eigenvalue weighted by atomic mass is 9.81. The molecule has 1 aliphatic rings. The molecule has 0 unspecified atom stereocenters. The summed E-state index contributed by atoms with van der Waals surface area (Å²) in [5.41, 5.74) is 1.02. The Hall–Kier alpha value is -1.27. The minimum atomic E-state index is 0.118. The van der Waals surface area contributed by atoms with Crippen LogP contribution in [0.1, 0.15) is 40.4 Å². The van der Waals surface area contributed by atoms with Crippen molar-refractivity contribution in [2.24, 2.45) is 0 Å². The third-order valence-corrected chi connectivity index (χ3v) is 6.40. The van der Waals surface area contributed by atoms with Gasteiger partial charge in [0.1, 0.15) is 0 Å². The van der Waals surface area contributed by atoms with E-state index in [4.69, 9.17) is 0 Å². The van der Waals surface area contributed by atoms with Crippen molar-refractivity contribution in [3.05, 3.63) is 32.2 Å². The summed E-state index contributed by atoms with van der Waals surface area (Å²) >= 11 is 3.39. The highest BCUT2D eigenvalue weighted by Crippen LogP contribution is 2.37. The van der Waals surface area contributed by atoms with Gasteiger partial charge in [0, 0.05) is 35.0 Å². The van der Waals surface area contributed by atoms with Crippen LogP contribution in [-0.2, 0) is 16.6 Å². The van der Waals surface area contributed by atoms with Crippen LogP contribution < -0.4 is 0 Å². The van der Waals surface area contributed by atoms with Crippen molar-refractivity contribution in [2.75, 3.05) is 13.1 Å². The van der Waals surface area contributed by atoms with Gasteiger partial charge in [-0.05, 0) is 26.7 Å². The van der Waals surface area contributed by atoms with Crippen LogP contribution in [0, 0.1) is 13.8 Å². The number of hydrogen-bond acceptors (Lipinski definition) is 5. The molecule has 3 rings (SSSR count). The minimum absolute atomic E-state index is 0.118. The van der Waals surface area contributed by atoms with Crippen LogP contribution in [0.15, 0.2) is 11.6 Å². The fraction of sp³-hybridized carbons (Fsp3) is 0.562. The standard InChI is InChI=1S/C16H21N3OS2/c1-11-9-17-15(22-11)16(3)4-6-19(7-5-16)14(20)8-13-10-21-12(2)18-13/h9-10H,4-8H2,1-3H3. The maximum Gasteiger partial charge on any atom is 0.228 e. The molecule has 0 aromatic carbocycles. The van der Waals surface area contributed by atoms with Crippen LogP contribution in [0.4, 0.5) is 0 Å². The van der Waals surface area contributed by atoms with Gasteiger partial charge in [-0.25, -0.2) is 9.97 Å². The number of nitrogens with zero attached hydrogens (tertiary/aromatic N) is 3. The van der Waals surface area contributed by atoms with Gasteiger partial charge < -0.3 is 4.90 Å². The topological polar surface area (TPSA) is 46.1 Å². The number of amides is 1. The number of carbonyl (C=O) groups is 1. The molecule has 0 spiro atoms. The summed E-state index contributed by atoms with van der Waals surface area (Å²) in [5.74, 6) is 0.197. The van der Waals surface area contributed by atoms with Crippen molar-refractivity contribution >= 4 is 28.6 Å². The van der Waals surface area contributed by atoms with E-state index in [0.29, 0.717) is 6.42 Å².